The minimum Gasteiger partial charge on any atom is -0.398 e. The van der Waals surface area contributed by atoms with Crippen LogP contribution in [0.2, 0.25) is 0 Å². The average molecular weight is 316 g/mol. The Hall–Kier alpha value is -2.22. The average Bonchev–Trinajstić information content (AvgIpc) is 2.34. The second-order valence-corrected chi connectivity index (χ2v) is 5.97. The third kappa shape index (κ3) is 2.94. The van der Waals surface area contributed by atoms with Crippen molar-refractivity contribution in [3.05, 3.63) is 53.3 Å². The number of benzene rings is 2. The van der Waals surface area contributed by atoms with Gasteiger partial charge in [-0.15, -0.1) is 0 Å². The van der Waals surface area contributed by atoms with Gasteiger partial charge in [-0.3, -0.25) is 4.72 Å². The predicted molar refractivity (Wildman–Crippen MR) is 72.7 cm³/mol. The van der Waals surface area contributed by atoms with E-state index in [-0.39, 0.29) is 10.6 Å². The van der Waals surface area contributed by atoms with Crippen LogP contribution < -0.4 is 10.5 Å². The molecule has 0 aliphatic rings. The van der Waals surface area contributed by atoms with E-state index in [1.54, 1.807) is 6.07 Å². The van der Waals surface area contributed by atoms with Gasteiger partial charge in [0, 0.05) is 12.1 Å². The molecule has 4 nitrogen and oxygen atoms in total. The van der Waals surface area contributed by atoms with Gasteiger partial charge in [0.2, 0.25) is 0 Å². The number of nitrogens with one attached hydrogen (secondary N) is 1. The molecule has 2 rings (SSSR count). The van der Waals surface area contributed by atoms with Gasteiger partial charge in [0.05, 0.1) is 11.4 Å². The van der Waals surface area contributed by atoms with Crippen LogP contribution in [-0.4, -0.2) is 8.42 Å². The lowest BCUT2D eigenvalue weighted by Crippen LogP contribution is -2.16. The molecule has 0 aliphatic heterocycles. The molecule has 0 amide bonds. The molecule has 0 aromatic heterocycles. The van der Waals surface area contributed by atoms with Gasteiger partial charge in [0.1, 0.15) is 4.90 Å². The largest absolute Gasteiger partial charge is 0.398 e. The molecule has 2 aromatic carbocycles. The number of hydrogen-bond donors (Lipinski definition) is 2. The predicted octanol–water partition coefficient (Wildman–Crippen LogP) is 2.80. The maximum Gasteiger partial charge on any atom is 0.264 e. The van der Waals surface area contributed by atoms with E-state index in [0.717, 1.165) is 0 Å². The molecule has 0 bridgehead atoms. The van der Waals surface area contributed by atoms with Crippen LogP contribution in [0.15, 0.2) is 35.2 Å². The molecule has 8 heteroatoms. The maximum atomic E-state index is 13.1. The van der Waals surface area contributed by atoms with Crippen molar-refractivity contribution in [3.8, 4) is 0 Å². The molecule has 0 aliphatic carbocycles. The van der Waals surface area contributed by atoms with Crippen molar-refractivity contribution in [1.29, 1.82) is 0 Å². The van der Waals surface area contributed by atoms with Crippen LogP contribution in [0, 0.1) is 24.4 Å². The Labute approximate surface area is 119 Å². The third-order valence-corrected chi connectivity index (χ3v) is 4.35. The molecule has 3 N–H and O–H groups in total. The number of halogens is 3. The van der Waals surface area contributed by atoms with Crippen LogP contribution in [-0.2, 0) is 10.0 Å². The molecular weight excluding hydrogens is 305 g/mol. The van der Waals surface area contributed by atoms with Gasteiger partial charge in [0.25, 0.3) is 10.0 Å². The van der Waals surface area contributed by atoms with Crippen LogP contribution in [0.4, 0.5) is 24.5 Å². The number of hydrogen-bond acceptors (Lipinski definition) is 3. The number of nitrogen functional groups attached to an aromatic ring is 1. The van der Waals surface area contributed by atoms with Gasteiger partial charge < -0.3 is 5.73 Å². The molecule has 0 fully saturated rings. The highest BCUT2D eigenvalue weighted by Crippen LogP contribution is 2.26. The normalized spacial score (nSPS) is 11.4. The van der Waals surface area contributed by atoms with Crippen molar-refractivity contribution >= 4 is 21.4 Å². The van der Waals surface area contributed by atoms with Crippen molar-refractivity contribution < 1.29 is 21.6 Å². The summed E-state index contributed by atoms with van der Waals surface area (Å²) >= 11 is 0. The van der Waals surface area contributed by atoms with Crippen LogP contribution in [0.3, 0.4) is 0 Å². The summed E-state index contributed by atoms with van der Waals surface area (Å²) in [5.74, 6) is -4.66. The van der Waals surface area contributed by atoms with Crippen LogP contribution in [0.25, 0.3) is 0 Å². The fourth-order valence-corrected chi connectivity index (χ4v) is 3.26. The first-order valence-corrected chi connectivity index (χ1v) is 7.23. The summed E-state index contributed by atoms with van der Waals surface area (Å²) in [6.45, 7) is 1.52. The molecule has 0 radical (unpaired) electrons. The first-order chi connectivity index (χ1) is 9.72. The molecule has 2 aromatic rings. The second-order valence-electron chi connectivity index (χ2n) is 4.35. The summed E-state index contributed by atoms with van der Waals surface area (Å²) in [7, 11) is -4.15. The van der Waals surface area contributed by atoms with Gasteiger partial charge in [-0.2, -0.15) is 0 Å². The Bertz CT molecular complexity index is 764. The Kier molecular flexibility index (Phi) is 3.82. The van der Waals surface area contributed by atoms with Crippen LogP contribution >= 0.6 is 0 Å². The molecule has 0 heterocycles. The van der Waals surface area contributed by atoms with Crippen molar-refractivity contribution in [2.45, 2.75) is 11.8 Å². The zero-order valence-corrected chi connectivity index (χ0v) is 11.6. The Morgan fingerprint density at radius 3 is 2.19 bits per heavy atom. The molecule has 0 unspecified atom stereocenters. The highest BCUT2D eigenvalue weighted by molar-refractivity contribution is 7.93. The first-order valence-electron chi connectivity index (χ1n) is 5.75. The lowest BCUT2D eigenvalue weighted by atomic mass is 10.2. The molecule has 21 heavy (non-hydrogen) atoms. The van der Waals surface area contributed by atoms with Gasteiger partial charge in [-0.05, 0) is 18.6 Å². The Balaban J connectivity index is 2.48. The number of sulfonamides is 1. The van der Waals surface area contributed by atoms with Gasteiger partial charge in [-0.1, -0.05) is 12.1 Å². The SMILES string of the molecule is Cc1cccc(N)c1S(=O)(=O)Nc1cc(F)c(F)c(F)c1. The summed E-state index contributed by atoms with van der Waals surface area (Å²) in [4.78, 5) is -0.199. The van der Waals surface area contributed by atoms with E-state index >= 15 is 0 Å². The third-order valence-electron chi connectivity index (χ3n) is 2.75. The quantitative estimate of drug-likeness (QED) is 0.675. The van der Waals surface area contributed by atoms with E-state index in [2.05, 4.69) is 0 Å². The number of nitrogens with two attached hydrogens (primary N) is 1. The van der Waals surface area contributed by atoms with E-state index in [1.165, 1.54) is 19.1 Å². The smallest absolute Gasteiger partial charge is 0.264 e. The van der Waals surface area contributed by atoms with Gasteiger partial charge in [0.15, 0.2) is 17.5 Å². The maximum absolute atomic E-state index is 13.1. The summed E-state index contributed by atoms with van der Waals surface area (Å²) < 4.78 is 65.5. The molecule has 0 saturated carbocycles. The molecular formula is C13H11F3N2O2S. The Morgan fingerprint density at radius 1 is 1.10 bits per heavy atom. The fourth-order valence-electron chi connectivity index (χ4n) is 1.86. The van der Waals surface area contributed by atoms with E-state index in [0.29, 0.717) is 17.7 Å². The zero-order chi connectivity index (χ0) is 15.8. The van der Waals surface area contributed by atoms with Crippen LogP contribution in [0.1, 0.15) is 5.56 Å². The molecule has 112 valence electrons. The summed E-state index contributed by atoms with van der Waals surface area (Å²) in [5.41, 5.74) is 5.54. The standard InChI is InChI=1S/C13H11F3N2O2S/c1-7-3-2-4-11(17)13(7)21(19,20)18-8-5-9(14)12(16)10(15)6-8/h2-6,18H,17H2,1H3. The van der Waals surface area contributed by atoms with Gasteiger partial charge >= 0.3 is 0 Å². The summed E-state index contributed by atoms with van der Waals surface area (Å²) in [6, 6.07) is 5.57. The van der Waals surface area contributed by atoms with E-state index < -0.39 is 33.2 Å². The molecule has 0 atom stereocenters. The minimum absolute atomic E-state index is 0.00874. The lowest BCUT2D eigenvalue weighted by molar-refractivity contribution is 0.448. The van der Waals surface area contributed by atoms with Gasteiger partial charge in [-0.25, -0.2) is 21.6 Å². The molecule has 0 spiro atoms. The van der Waals surface area contributed by atoms with Crippen molar-refractivity contribution in [3.63, 3.8) is 0 Å². The summed E-state index contributed by atoms with van der Waals surface area (Å²) in [6.07, 6.45) is 0. The van der Waals surface area contributed by atoms with Crippen molar-refractivity contribution in [2.75, 3.05) is 10.5 Å². The van der Waals surface area contributed by atoms with E-state index in [4.69, 9.17) is 5.73 Å². The minimum atomic E-state index is -4.15. The first kappa shape index (κ1) is 15.2. The number of anilines is 2. The highest BCUT2D eigenvalue weighted by Gasteiger charge is 2.21. The van der Waals surface area contributed by atoms with Crippen LogP contribution in [0.5, 0.6) is 0 Å². The number of aryl methyl sites for hydroxylation is 1. The lowest BCUT2D eigenvalue weighted by Gasteiger charge is -2.12. The number of rotatable bonds is 3. The zero-order valence-electron chi connectivity index (χ0n) is 10.8. The summed E-state index contributed by atoms with van der Waals surface area (Å²) in [5, 5.41) is 0. The molecule has 0 saturated heterocycles. The highest BCUT2D eigenvalue weighted by atomic mass is 32.2. The monoisotopic (exact) mass is 316 g/mol. The topological polar surface area (TPSA) is 72.2 Å². The fraction of sp³-hybridized carbons (Fsp3) is 0.0769. The second kappa shape index (κ2) is 5.28. The Morgan fingerprint density at radius 2 is 1.67 bits per heavy atom. The van der Waals surface area contributed by atoms with E-state index in [9.17, 15) is 21.6 Å². The van der Waals surface area contributed by atoms with Crippen molar-refractivity contribution in [1.82, 2.24) is 0 Å². The van der Waals surface area contributed by atoms with E-state index in [1.807, 2.05) is 4.72 Å². The van der Waals surface area contributed by atoms with Crippen molar-refractivity contribution in [2.24, 2.45) is 0 Å².